The largest absolute Gasteiger partial charge is 0.405 e. The van der Waals surface area contributed by atoms with Gasteiger partial charge in [-0.15, -0.1) is 0 Å². The third-order valence-electron chi connectivity index (χ3n) is 2.59. The molecule has 3 nitrogen and oxygen atoms in total. The van der Waals surface area contributed by atoms with E-state index in [1.54, 1.807) is 14.0 Å². The lowest BCUT2D eigenvalue weighted by Crippen LogP contribution is -2.32. The molecule has 0 amide bonds. The van der Waals surface area contributed by atoms with E-state index in [-0.39, 0.29) is 0 Å². The van der Waals surface area contributed by atoms with Crippen LogP contribution < -0.4 is 10.2 Å². The maximum atomic E-state index is 12.4. The molecule has 0 atom stereocenters. The molecule has 1 N–H and O–H groups in total. The Bertz CT molecular complexity index is 416. The number of pyridine rings is 1. The molecule has 0 fully saturated rings. The number of halogens is 3. The fourth-order valence-corrected chi connectivity index (χ4v) is 1.90. The summed E-state index contributed by atoms with van der Waals surface area (Å²) in [7, 11) is 3.17. The summed E-state index contributed by atoms with van der Waals surface area (Å²) in [6, 6.07) is 1.87. The number of hydrogen-bond acceptors (Lipinski definition) is 3. The Morgan fingerprint density at radius 2 is 1.94 bits per heavy atom. The Hall–Kier alpha value is -1.30. The molecule has 1 aromatic rings. The standard InChI is InChI=1S/C12H18F3N3/c1-8-5-9(2)17-11(10(8)6-16-3)18(4)7-12(13,14)15/h5,16H,6-7H2,1-4H3. The van der Waals surface area contributed by atoms with Gasteiger partial charge < -0.3 is 10.2 Å². The lowest BCUT2D eigenvalue weighted by molar-refractivity contribution is -0.119. The molecule has 102 valence electrons. The Morgan fingerprint density at radius 1 is 1.33 bits per heavy atom. The summed E-state index contributed by atoms with van der Waals surface area (Å²) in [5, 5.41) is 2.95. The topological polar surface area (TPSA) is 28.2 Å². The van der Waals surface area contributed by atoms with E-state index in [1.807, 2.05) is 13.0 Å². The highest BCUT2D eigenvalue weighted by atomic mass is 19.4. The van der Waals surface area contributed by atoms with Crippen molar-refractivity contribution in [3.05, 3.63) is 22.9 Å². The highest BCUT2D eigenvalue weighted by molar-refractivity contribution is 5.51. The zero-order valence-corrected chi connectivity index (χ0v) is 11.0. The monoisotopic (exact) mass is 261 g/mol. The van der Waals surface area contributed by atoms with E-state index in [9.17, 15) is 13.2 Å². The van der Waals surface area contributed by atoms with Gasteiger partial charge in [0.1, 0.15) is 12.4 Å². The van der Waals surface area contributed by atoms with Crippen molar-refractivity contribution in [3.8, 4) is 0 Å². The molecule has 0 bridgehead atoms. The summed E-state index contributed by atoms with van der Waals surface area (Å²) in [6.07, 6.45) is -4.23. The molecule has 18 heavy (non-hydrogen) atoms. The second kappa shape index (κ2) is 5.56. The molecule has 0 aromatic carbocycles. The van der Waals surface area contributed by atoms with Crippen LogP contribution in [0.1, 0.15) is 16.8 Å². The molecule has 0 radical (unpaired) electrons. The second-order valence-corrected chi connectivity index (χ2v) is 4.38. The van der Waals surface area contributed by atoms with Crippen molar-refractivity contribution in [1.29, 1.82) is 0 Å². The third-order valence-corrected chi connectivity index (χ3v) is 2.59. The smallest absolute Gasteiger partial charge is 0.350 e. The van der Waals surface area contributed by atoms with Crippen LogP contribution in [0.5, 0.6) is 0 Å². The van der Waals surface area contributed by atoms with Gasteiger partial charge in [-0.3, -0.25) is 0 Å². The van der Waals surface area contributed by atoms with Crippen LogP contribution in [0.2, 0.25) is 0 Å². The van der Waals surface area contributed by atoms with Crippen LogP contribution in [0.15, 0.2) is 6.07 Å². The van der Waals surface area contributed by atoms with E-state index in [4.69, 9.17) is 0 Å². The molecule has 1 rings (SSSR count). The number of rotatable bonds is 4. The van der Waals surface area contributed by atoms with Crippen molar-refractivity contribution in [2.75, 3.05) is 25.5 Å². The van der Waals surface area contributed by atoms with Gasteiger partial charge in [-0.05, 0) is 32.5 Å². The molecule has 0 aliphatic rings. The quantitative estimate of drug-likeness (QED) is 0.902. The van der Waals surface area contributed by atoms with Crippen molar-refractivity contribution in [2.24, 2.45) is 0 Å². The molecule has 0 aliphatic heterocycles. The molecule has 1 heterocycles. The average molecular weight is 261 g/mol. The van der Waals surface area contributed by atoms with Crippen LogP contribution in [0.4, 0.5) is 19.0 Å². The van der Waals surface area contributed by atoms with Crippen molar-refractivity contribution < 1.29 is 13.2 Å². The van der Waals surface area contributed by atoms with Gasteiger partial charge in [-0.2, -0.15) is 13.2 Å². The Labute approximate surface area is 105 Å². The number of alkyl halides is 3. The molecular weight excluding hydrogens is 243 g/mol. The lowest BCUT2D eigenvalue weighted by Gasteiger charge is -2.24. The van der Waals surface area contributed by atoms with E-state index >= 15 is 0 Å². The Morgan fingerprint density at radius 3 is 2.44 bits per heavy atom. The zero-order valence-electron chi connectivity index (χ0n) is 11.0. The first-order chi connectivity index (χ1) is 8.24. The summed E-state index contributed by atoms with van der Waals surface area (Å²) in [5.74, 6) is 0.388. The molecular formula is C12H18F3N3. The van der Waals surface area contributed by atoms with Crippen LogP contribution in [0.25, 0.3) is 0 Å². The second-order valence-electron chi connectivity index (χ2n) is 4.38. The summed E-state index contributed by atoms with van der Waals surface area (Å²) in [6.45, 7) is 3.16. The molecule has 0 saturated heterocycles. The Balaban J connectivity index is 3.12. The lowest BCUT2D eigenvalue weighted by atomic mass is 10.1. The molecule has 1 aromatic heterocycles. The summed E-state index contributed by atoms with van der Waals surface area (Å²) >= 11 is 0. The number of aryl methyl sites for hydroxylation is 2. The summed E-state index contributed by atoms with van der Waals surface area (Å²) in [5.41, 5.74) is 2.46. The van der Waals surface area contributed by atoms with Gasteiger partial charge in [0.2, 0.25) is 0 Å². The van der Waals surface area contributed by atoms with Crippen molar-refractivity contribution in [1.82, 2.24) is 10.3 Å². The fraction of sp³-hybridized carbons (Fsp3) is 0.583. The average Bonchev–Trinajstić information content (AvgIpc) is 2.19. The normalized spacial score (nSPS) is 11.7. The first-order valence-electron chi connectivity index (χ1n) is 5.64. The van der Waals surface area contributed by atoms with E-state index in [2.05, 4.69) is 10.3 Å². The first kappa shape index (κ1) is 14.8. The molecule has 0 aliphatic carbocycles. The van der Waals surface area contributed by atoms with Crippen LogP contribution in [-0.4, -0.2) is 31.8 Å². The number of aromatic nitrogens is 1. The number of nitrogens with one attached hydrogen (secondary N) is 1. The number of hydrogen-bond donors (Lipinski definition) is 1. The third kappa shape index (κ3) is 3.87. The highest BCUT2D eigenvalue weighted by Crippen LogP contribution is 2.25. The highest BCUT2D eigenvalue weighted by Gasteiger charge is 2.30. The van der Waals surface area contributed by atoms with Gasteiger partial charge in [-0.1, -0.05) is 0 Å². The number of anilines is 1. The predicted octanol–water partition coefficient (Wildman–Crippen LogP) is 2.42. The minimum Gasteiger partial charge on any atom is -0.350 e. The van der Waals surface area contributed by atoms with E-state index in [1.165, 1.54) is 7.05 Å². The van der Waals surface area contributed by atoms with Gasteiger partial charge in [-0.25, -0.2) is 4.98 Å². The maximum Gasteiger partial charge on any atom is 0.405 e. The van der Waals surface area contributed by atoms with E-state index < -0.39 is 12.7 Å². The van der Waals surface area contributed by atoms with Gasteiger partial charge in [0.15, 0.2) is 0 Å². The summed E-state index contributed by atoms with van der Waals surface area (Å²) in [4.78, 5) is 5.37. The maximum absolute atomic E-state index is 12.4. The predicted molar refractivity (Wildman–Crippen MR) is 65.8 cm³/mol. The summed E-state index contributed by atoms with van der Waals surface area (Å²) < 4.78 is 37.3. The van der Waals surface area contributed by atoms with E-state index in [0.717, 1.165) is 21.7 Å². The molecule has 0 unspecified atom stereocenters. The fourth-order valence-electron chi connectivity index (χ4n) is 1.90. The minimum atomic E-state index is -4.23. The Kier molecular flexibility index (Phi) is 4.56. The first-order valence-corrected chi connectivity index (χ1v) is 5.64. The molecule has 6 heteroatoms. The zero-order chi connectivity index (χ0) is 13.9. The van der Waals surface area contributed by atoms with Crippen LogP contribution in [0.3, 0.4) is 0 Å². The van der Waals surface area contributed by atoms with Crippen LogP contribution >= 0.6 is 0 Å². The van der Waals surface area contributed by atoms with Crippen LogP contribution in [0, 0.1) is 13.8 Å². The van der Waals surface area contributed by atoms with Crippen LogP contribution in [-0.2, 0) is 6.54 Å². The van der Waals surface area contributed by atoms with Gasteiger partial charge in [0.05, 0.1) is 0 Å². The van der Waals surface area contributed by atoms with Crippen molar-refractivity contribution in [2.45, 2.75) is 26.6 Å². The van der Waals surface area contributed by atoms with Crippen molar-refractivity contribution >= 4 is 5.82 Å². The van der Waals surface area contributed by atoms with E-state index in [0.29, 0.717) is 12.4 Å². The minimum absolute atomic E-state index is 0.388. The van der Waals surface area contributed by atoms with Gasteiger partial charge in [0.25, 0.3) is 0 Å². The molecule has 0 saturated carbocycles. The van der Waals surface area contributed by atoms with Crippen molar-refractivity contribution in [3.63, 3.8) is 0 Å². The molecule has 0 spiro atoms. The van der Waals surface area contributed by atoms with Gasteiger partial charge in [0, 0.05) is 24.8 Å². The SMILES string of the molecule is CNCc1c(C)cc(C)nc1N(C)CC(F)(F)F. The number of nitrogens with zero attached hydrogens (tertiary/aromatic N) is 2. The van der Waals surface area contributed by atoms with Gasteiger partial charge >= 0.3 is 6.18 Å².